The van der Waals surface area contributed by atoms with E-state index >= 15 is 0 Å². The molecule has 2 N–H and O–H groups in total. The summed E-state index contributed by atoms with van der Waals surface area (Å²) < 4.78 is 31.9. The van der Waals surface area contributed by atoms with Crippen LogP contribution in [-0.4, -0.2) is 43.8 Å². The van der Waals surface area contributed by atoms with E-state index in [2.05, 4.69) is 20.0 Å². The van der Waals surface area contributed by atoms with Crippen LogP contribution in [0.1, 0.15) is 32.0 Å². The van der Waals surface area contributed by atoms with Gasteiger partial charge in [-0.1, -0.05) is 26.0 Å². The van der Waals surface area contributed by atoms with Crippen molar-refractivity contribution in [3.63, 3.8) is 0 Å². The maximum atomic E-state index is 12.8. The number of nitrogens with zero attached hydrogens (tertiary/aromatic N) is 2. The van der Waals surface area contributed by atoms with Crippen molar-refractivity contribution in [1.82, 2.24) is 9.71 Å². The first kappa shape index (κ1) is 21.9. The monoisotopic (exact) mass is 450 g/mol. The van der Waals surface area contributed by atoms with Crippen LogP contribution in [0.4, 0.5) is 5.13 Å². The highest BCUT2D eigenvalue weighted by atomic mass is 32.2. The second-order valence-corrected chi connectivity index (χ2v) is 9.39. The Labute approximate surface area is 178 Å². The van der Waals surface area contributed by atoms with E-state index in [9.17, 15) is 18.0 Å². The molecule has 9 nitrogen and oxygen atoms in total. The molecular formula is C19H22N4O5S2. The van der Waals surface area contributed by atoms with Gasteiger partial charge in [-0.2, -0.15) is 0 Å². The van der Waals surface area contributed by atoms with Crippen LogP contribution in [0.3, 0.4) is 0 Å². The van der Waals surface area contributed by atoms with Crippen LogP contribution in [0, 0.1) is 5.92 Å². The first-order valence-corrected chi connectivity index (χ1v) is 11.7. The van der Waals surface area contributed by atoms with Crippen molar-refractivity contribution in [1.29, 1.82) is 0 Å². The fourth-order valence-corrected chi connectivity index (χ4v) is 4.82. The zero-order valence-corrected chi connectivity index (χ0v) is 18.3. The SMILES string of the molecule is CCOC(=O)Cc1csc(NC(=O)[C@@H](N=C2NS(=O)(=O)c3ccccc32)C(C)C)n1. The quantitative estimate of drug-likeness (QED) is 0.621. The number of esters is 1. The summed E-state index contributed by atoms with van der Waals surface area (Å²) in [6, 6.07) is 5.63. The molecule has 1 aliphatic heterocycles. The van der Waals surface area contributed by atoms with Crippen LogP contribution in [-0.2, 0) is 30.8 Å². The Bertz CT molecular complexity index is 1090. The molecule has 3 rings (SSSR count). The molecule has 11 heteroatoms. The summed E-state index contributed by atoms with van der Waals surface area (Å²) in [5.41, 5.74) is 0.931. The number of nitrogens with one attached hydrogen (secondary N) is 2. The Balaban J connectivity index is 1.78. The van der Waals surface area contributed by atoms with E-state index in [0.717, 1.165) is 0 Å². The van der Waals surface area contributed by atoms with Crippen LogP contribution < -0.4 is 10.0 Å². The highest BCUT2D eigenvalue weighted by Crippen LogP contribution is 2.24. The number of hydrogen-bond acceptors (Lipinski definition) is 8. The van der Waals surface area contributed by atoms with E-state index in [0.29, 0.717) is 16.4 Å². The molecule has 1 aromatic heterocycles. The van der Waals surface area contributed by atoms with Gasteiger partial charge >= 0.3 is 5.97 Å². The summed E-state index contributed by atoms with van der Waals surface area (Å²) >= 11 is 1.19. The summed E-state index contributed by atoms with van der Waals surface area (Å²) in [7, 11) is -3.69. The molecule has 0 aliphatic carbocycles. The number of aromatic nitrogens is 1. The first-order chi connectivity index (χ1) is 14.2. The number of thiazole rings is 1. The molecule has 0 fully saturated rings. The third-order valence-corrected chi connectivity index (χ3v) is 6.45. The number of hydrogen-bond donors (Lipinski definition) is 2. The van der Waals surface area contributed by atoms with Crippen LogP contribution in [0.25, 0.3) is 0 Å². The van der Waals surface area contributed by atoms with Crippen molar-refractivity contribution in [3.8, 4) is 0 Å². The normalized spacial score (nSPS) is 16.7. The lowest BCUT2D eigenvalue weighted by molar-refractivity contribution is -0.142. The van der Waals surface area contributed by atoms with Crippen molar-refractivity contribution in [2.24, 2.45) is 10.9 Å². The predicted octanol–water partition coefficient (Wildman–Crippen LogP) is 1.95. The molecule has 0 saturated heterocycles. The average molecular weight is 451 g/mol. The van der Waals surface area contributed by atoms with Crippen molar-refractivity contribution in [2.75, 3.05) is 11.9 Å². The lowest BCUT2D eigenvalue weighted by Crippen LogP contribution is -2.34. The fraction of sp³-hybridized carbons (Fsp3) is 0.368. The van der Waals surface area contributed by atoms with E-state index in [1.54, 1.807) is 30.5 Å². The van der Waals surface area contributed by atoms with Crippen molar-refractivity contribution >= 4 is 44.2 Å². The van der Waals surface area contributed by atoms with E-state index in [4.69, 9.17) is 4.74 Å². The molecule has 1 amide bonds. The highest BCUT2D eigenvalue weighted by Gasteiger charge is 2.32. The minimum Gasteiger partial charge on any atom is -0.466 e. The second-order valence-electron chi connectivity index (χ2n) is 6.88. The maximum Gasteiger partial charge on any atom is 0.311 e. The standard InChI is InChI=1S/C19H22N4O5S2/c1-4-28-15(24)9-12-10-29-19(20-12)22-18(25)16(11(2)3)21-17-13-7-5-6-8-14(13)30(26,27)23-17/h5-8,10-11,16H,4,9H2,1-3H3,(H,21,23)(H,20,22,25)/t16-/m0/s1. The number of fused-ring (bicyclic) bond motifs is 1. The molecular weight excluding hydrogens is 428 g/mol. The number of aliphatic imine (C=N–C) groups is 1. The van der Waals surface area contributed by atoms with E-state index in [-0.39, 0.29) is 35.6 Å². The van der Waals surface area contributed by atoms with Crippen LogP contribution in [0.5, 0.6) is 0 Å². The third-order valence-electron chi connectivity index (χ3n) is 4.24. The number of sulfonamides is 1. The molecule has 1 atom stereocenters. The number of ether oxygens (including phenoxy) is 1. The predicted molar refractivity (Wildman–Crippen MR) is 113 cm³/mol. The minimum absolute atomic E-state index is 0.0225. The Hall–Kier alpha value is -2.79. The van der Waals surface area contributed by atoms with Crippen molar-refractivity contribution in [2.45, 2.75) is 38.1 Å². The zero-order chi connectivity index (χ0) is 21.9. The van der Waals surface area contributed by atoms with Crippen molar-refractivity contribution < 1.29 is 22.7 Å². The number of amidine groups is 1. The molecule has 2 heterocycles. The van der Waals surface area contributed by atoms with Crippen LogP contribution >= 0.6 is 11.3 Å². The van der Waals surface area contributed by atoms with Gasteiger partial charge in [0.05, 0.1) is 23.6 Å². The topological polar surface area (TPSA) is 127 Å². The average Bonchev–Trinajstić information content (AvgIpc) is 3.21. The van der Waals surface area contributed by atoms with Gasteiger partial charge < -0.3 is 10.1 Å². The molecule has 2 aromatic rings. The third kappa shape index (κ3) is 4.85. The van der Waals surface area contributed by atoms with Crippen LogP contribution in [0.2, 0.25) is 0 Å². The number of carbonyl (C=O) groups is 2. The molecule has 160 valence electrons. The van der Waals surface area contributed by atoms with Gasteiger partial charge in [-0.15, -0.1) is 11.3 Å². The van der Waals surface area contributed by atoms with Gasteiger partial charge in [0.15, 0.2) is 5.13 Å². The van der Waals surface area contributed by atoms with Gasteiger partial charge in [-0.25, -0.2) is 13.4 Å². The Kier molecular flexibility index (Phi) is 6.52. The molecule has 0 unspecified atom stereocenters. The highest BCUT2D eigenvalue weighted by molar-refractivity contribution is 7.90. The van der Waals surface area contributed by atoms with Gasteiger partial charge in [-0.3, -0.25) is 19.3 Å². The lowest BCUT2D eigenvalue weighted by Gasteiger charge is -2.16. The number of carbonyl (C=O) groups excluding carboxylic acids is 2. The summed E-state index contributed by atoms with van der Waals surface area (Å²) in [6.07, 6.45) is 0.0225. The number of benzene rings is 1. The van der Waals surface area contributed by atoms with Gasteiger partial charge in [0.1, 0.15) is 11.9 Å². The number of rotatable bonds is 7. The van der Waals surface area contributed by atoms with E-state index in [1.165, 1.54) is 17.4 Å². The largest absolute Gasteiger partial charge is 0.466 e. The second kappa shape index (κ2) is 8.92. The fourth-order valence-electron chi connectivity index (χ4n) is 2.86. The Morgan fingerprint density at radius 3 is 2.73 bits per heavy atom. The van der Waals surface area contributed by atoms with Crippen LogP contribution in [0.15, 0.2) is 39.5 Å². The van der Waals surface area contributed by atoms with E-state index in [1.807, 2.05) is 13.8 Å². The smallest absolute Gasteiger partial charge is 0.311 e. The maximum absolute atomic E-state index is 12.8. The van der Waals surface area contributed by atoms with E-state index < -0.39 is 22.0 Å². The van der Waals surface area contributed by atoms with Crippen molar-refractivity contribution in [3.05, 3.63) is 40.9 Å². The number of amides is 1. The minimum atomic E-state index is -3.69. The first-order valence-electron chi connectivity index (χ1n) is 9.32. The Morgan fingerprint density at radius 2 is 2.03 bits per heavy atom. The molecule has 30 heavy (non-hydrogen) atoms. The lowest BCUT2D eigenvalue weighted by atomic mass is 10.0. The number of anilines is 1. The van der Waals surface area contributed by atoms with Gasteiger partial charge in [0.2, 0.25) is 0 Å². The molecule has 0 spiro atoms. The zero-order valence-electron chi connectivity index (χ0n) is 16.7. The Morgan fingerprint density at radius 1 is 1.30 bits per heavy atom. The molecule has 1 aliphatic rings. The summed E-state index contributed by atoms with van der Waals surface area (Å²) in [6.45, 7) is 5.65. The van der Waals surface area contributed by atoms with Gasteiger partial charge in [0.25, 0.3) is 15.9 Å². The summed E-state index contributed by atoms with van der Waals surface area (Å²) in [5.74, 6) is -0.868. The summed E-state index contributed by atoms with van der Waals surface area (Å²) in [5, 5.41) is 4.70. The van der Waals surface area contributed by atoms with Gasteiger partial charge in [-0.05, 0) is 25.0 Å². The summed E-state index contributed by atoms with van der Waals surface area (Å²) in [4.78, 5) is 33.2. The molecule has 0 radical (unpaired) electrons. The molecule has 1 aromatic carbocycles. The molecule has 0 saturated carbocycles. The van der Waals surface area contributed by atoms with Gasteiger partial charge in [0, 0.05) is 10.9 Å². The molecule has 0 bridgehead atoms.